The number of furan rings is 1. The number of pyridine rings is 3. The van der Waals surface area contributed by atoms with Crippen LogP contribution in [0, 0.1) is 26.0 Å². The molecule has 4 aromatic heterocycles. The van der Waals surface area contributed by atoms with Crippen LogP contribution in [0.2, 0.25) is 0 Å². The molecule has 0 N–H and O–H groups in total. The fourth-order valence-electron chi connectivity index (χ4n) is 5.29. The smallest absolute Gasteiger partial charge is 0.216 e. The predicted molar refractivity (Wildman–Crippen MR) is 157 cm³/mol. The fraction of sp³-hybridized carbons (Fsp3) is 0.229. The van der Waals surface area contributed by atoms with Gasteiger partial charge in [0.2, 0.25) is 5.71 Å². The first-order valence-corrected chi connectivity index (χ1v) is 13.7. The molecule has 1 aliphatic rings. The Kier molecular flexibility index (Phi) is 8.84. The molecular weight excluding hydrogens is 671 g/mol. The second-order valence-corrected chi connectivity index (χ2v) is 10.3. The van der Waals surface area contributed by atoms with E-state index in [0.29, 0.717) is 5.92 Å². The molecule has 0 atom stereocenters. The Hall–Kier alpha value is -3.66. The molecule has 4 heterocycles. The maximum Gasteiger partial charge on any atom is 0.216 e. The Balaban J connectivity index is 0.000000184. The fourth-order valence-corrected chi connectivity index (χ4v) is 5.29. The number of benzene rings is 2. The number of rotatable bonds is 3. The third kappa shape index (κ3) is 5.91. The SMILES string of the molecule is Cc1cnc(-c2[c-]cccc2)cc1C.[Ir].[c-]1ccc2c(oc3nc(C4CCCCC4)ccc32)c1-c1ccccn1. The molecule has 1 radical (unpaired) electrons. The van der Waals surface area contributed by atoms with Gasteiger partial charge in [0.1, 0.15) is 0 Å². The first kappa shape index (κ1) is 27.9. The van der Waals surface area contributed by atoms with Crippen molar-refractivity contribution in [2.75, 3.05) is 0 Å². The number of nitrogens with zero attached hydrogens (tertiary/aromatic N) is 3. The molecule has 0 unspecified atom stereocenters. The zero-order valence-electron chi connectivity index (χ0n) is 22.8. The maximum absolute atomic E-state index is 6.19. The van der Waals surface area contributed by atoms with Crippen molar-refractivity contribution < 1.29 is 24.5 Å². The minimum Gasteiger partial charge on any atom is -0.486 e. The Bertz CT molecular complexity index is 1710. The summed E-state index contributed by atoms with van der Waals surface area (Å²) in [4.78, 5) is 13.7. The van der Waals surface area contributed by atoms with E-state index < -0.39 is 0 Å². The van der Waals surface area contributed by atoms with Gasteiger partial charge >= 0.3 is 0 Å². The minimum atomic E-state index is 0. The first-order valence-electron chi connectivity index (χ1n) is 13.7. The standard InChI is InChI=1S/C22H19N2O.C13H12N.Ir/c1-2-7-15(8-3-1)19-13-12-17-16-9-6-10-18(20-11-4-5-14-23-20)21(16)25-22(17)24-19;1-10-8-13(14-9-11(10)2)12-6-4-3-5-7-12;/h4-6,9,11-15H,1-3,7-8H2;3-6,8-9H,1-2H3;/q2*-1;. The van der Waals surface area contributed by atoms with Gasteiger partial charge < -0.3 is 14.4 Å². The molecule has 4 nitrogen and oxygen atoms in total. The zero-order valence-corrected chi connectivity index (χ0v) is 25.2. The van der Waals surface area contributed by atoms with E-state index in [0.717, 1.165) is 44.6 Å². The molecular formula is C35H31IrN3O-2. The van der Waals surface area contributed by atoms with Crippen LogP contribution in [0.25, 0.3) is 44.6 Å². The van der Waals surface area contributed by atoms with Gasteiger partial charge in [-0.1, -0.05) is 54.0 Å². The third-order valence-electron chi connectivity index (χ3n) is 7.62. The quantitative estimate of drug-likeness (QED) is 0.173. The summed E-state index contributed by atoms with van der Waals surface area (Å²) in [6, 6.07) is 30.7. The van der Waals surface area contributed by atoms with E-state index in [1.807, 2.05) is 54.7 Å². The molecule has 0 spiro atoms. The molecule has 0 aliphatic heterocycles. The van der Waals surface area contributed by atoms with Gasteiger partial charge in [-0.15, -0.1) is 54.1 Å². The van der Waals surface area contributed by atoms with E-state index in [2.05, 4.69) is 60.2 Å². The van der Waals surface area contributed by atoms with Crippen LogP contribution in [0.4, 0.5) is 0 Å². The number of hydrogen-bond donors (Lipinski definition) is 0. The van der Waals surface area contributed by atoms with Crippen molar-refractivity contribution in [3.63, 3.8) is 0 Å². The summed E-state index contributed by atoms with van der Waals surface area (Å²) in [6.45, 7) is 4.17. The zero-order chi connectivity index (χ0) is 26.6. The van der Waals surface area contributed by atoms with Crippen LogP contribution >= 0.6 is 0 Å². The molecule has 203 valence electrons. The molecule has 0 amide bonds. The van der Waals surface area contributed by atoms with Gasteiger partial charge in [-0.2, -0.15) is 0 Å². The van der Waals surface area contributed by atoms with E-state index in [1.165, 1.54) is 48.9 Å². The van der Waals surface area contributed by atoms with Crippen LogP contribution in [0.3, 0.4) is 0 Å². The molecule has 1 aliphatic carbocycles. The largest absolute Gasteiger partial charge is 0.486 e. The summed E-state index contributed by atoms with van der Waals surface area (Å²) in [6.07, 6.45) is 10.2. The average Bonchev–Trinajstić information content (AvgIpc) is 3.38. The van der Waals surface area contributed by atoms with Crippen LogP contribution in [-0.4, -0.2) is 15.0 Å². The number of aryl methyl sites for hydroxylation is 2. The molecule has 1 fully saturated rings. The van der Waals surface area contributed by atoms with Gasteiger partial charge in [-0.05, 0) is 61.8 Å². The number of hydrogen-bond acceptors (Lipinski definition) is 4. The van der Waals surface area contributed by atoms with Gasteiger partial charge in [0, 0.05) is 49.5 Å². The molecule has 0 bridgehead atoms. The van der Waals surface area contributed by atoms with Crippen LogP contribution in [0.15, 0.2) is 89.6 Å². The summed E-state index contributed by atoms with van der Waals surface area (Å²) in [5.41, 5.74) is 9.05. The molecule has 0 saturated heterocycles. The summed E-state index contributed by atoms with van der Waals surface area (Å²) in [5, 5.41) is 2.15. The minimum absolute atomic E-state index is 0. The van der Waals surface area contributed by atoms with Gasteiger partial charge in [0.05, 0.1) is 5.58 Å². The Labute approximate surface area is 249 Å². The molecule has 6 aromatic rings. The maximum atomic E-state index is 6.19. The average molecular weight is 702 g/mol. The van der Waals surface area contributed by atoms with Crippen molar-refractivity contribution in [1.82, 2.24) is 15.0 Å². The summed E-state index contributed by atoms with van der Waals surface area (Å²) in [7, 11) is 0. The predicted octanol–water partition coefficient (Wildman–Crippen LogP) is 9.05. The van der Waals surface area contributed by atoms with Crippen molar-refractivity contribution >= 4 is 22.1 Å². The van der Waals surface area contributed by atoms with Crippen molar-refractivity contribution in [1.29, 1.82) is 0 Å². The normalized spacial score (nSPS) is 13.4. The molecule has 5 heteroatoms. The van der Waals surface area contributed by atoms with Crippen LogP contribution < -0.4 is 0 Å². The van der Waals surface area contributed by atoms with Crippen molar-refractivity contribution in [2.45, 2.75) is 51.9 Å². The Morgan fingerprint density at radius 2 is 1.62 bits per heavy atom. The second-order valence-electron chi connectivity index (χ2n) is 10.3. The second kappa shape index (κ2) is 12.7. The molecule has 2 aromatic carbocycles. The monoisotopic (exact) mass is 702 g/mol. The van der Waals surface area contributed by atoms with Crippen LogP contribution in [0.5, 0.6) is 0 Å². The molecule has 1 saturated carbocycles. The van der Waals surface area contributed by atoms with E-state index >= 15 is 0 Å². The first-order chi connectivity index (χ1) is 19.2. The van der Waals surface area contributed by atoms with Crippen molar-refractivity contribution in [3.8, 4) is 22.5 Å². The van der Waals surface area contributed by atoms with E-state index in [-0.39, 0.29) is 20.1 Å². The van der Waals surface area contributed by atoms with Crippen LogP contribution in [0.1, 0.15) is 54.8 Å². The van der Waals surface area contributed by atoms with Crippen molar-refractivity contribution in [3.05, 3.63) is 114 Å². The van der Waals surface area contributed by atoms with E-state index in [1.54, 1.807) is 6.20 Å². The van der Waals surface area contributed by atoms with Gasteiger partial charge in [-0.3, -0.25) is 0 Å². The number of fused-ring (bicyclic) bond motifs is 3. The Morgan fingerprint density at radius 3 is 2.38 bits per heavy atom. The summed E-state index contributed by atoms with van der Waals surface area (Å²) >= 11 is 0. The van der Waals surface area contributed by atoms with Crippen molar-refractivity contribution in [2.24, 2.45) is 0 Å². The topological polar surface area (TPSA) is 51.8 Å². The van der Waals surface area contributed by atoms with E-state index in [9.17, 15) is 0 Å². The van der Waals surface area contributed by atoms with Gasteiger partial charge in [-0.25, -0.2) is 4.98 Å². The number of aromatic nitrogens is 3. The van der Waals surface area contributed by atoms with E-state index in [4.69, 9.17) is 9.40 Å². The summed E-state index contributed by atoms with van der Waals surface area (Å²) < 4.78 is 6.19. The van der Waals surface area contributed by atoms with Crippen LogP contribution in [-0.2, 0) is 20.1 Å². The Morgan fingerprint density at radius 1 is 0.775 bits per heavy atom. The summed E-state index contributed by atoms with van der Waals surface area (Å²) in [5.74, 6) is 0.577. The molecule has 7 rings (SSSR count). The van der Waals surface area contributed by atoms with Gasteiger partial charge in [0.25, 0.3) is 0 Å². The third-order valence-corrected chi connectivity index (χ3v) is 7.62. The molecule has 40 heavy (non-hydrogen) atoms. The van der Waals surface area contributed by atoms with Gasteiger partial charge in [0.15, 0.2) is 0 Å².